The summed E-state index contributed by atoms with van der Waals surface area (Å²) in [6.45, 7) is 5.58. The summed E-state index contributed by atoms with van der Waals surface area (Å²) in [6.07, 6.45) is 2.66. The van der Waals surface area contributed by atoms with Gasteiger partial charge in [-0.25, -0.2) is 4.98 Å². The van der Waals surface area contributed by atoms with E-state index in [2.05, 4.69) is 17.2 Å². The zero-order valence-electron chi connectivity index (χ0n) is 14.0. The van der Waals surface area contributed by atoms with Crippen molar-refractivity contribution in [3.05, 3.63) is 65.1 Å². The van der Waals surface area contributed by atoms with Gasteiger partial charge in [-0.15, -0.1) is 0 Å². The Morgan fingerprint density at radius 2 is 1.75 bits per heavy atom. The molecule has 0 unspecified atom stereocenters. The number of aromatic nitrogens is 2. The summed E-state index contributed by atoms with van der Waals surface area (Å²) in [7, 11) is 0. The quantitative estimate of drug-likeness (QED) is 0.746. The molecule has 1 amide bonds. The summed E-state index contributed by atoms with van der Waals surface area (Å²) in [5.74, 6) is -0.195. The van der Waals surface area contributed by atoms with Crippen molar-refractivity contribution in [2.75, 3.05) is 5.32 Å². The van der Waals surface area contributed by atoms with Gasteiger partial charge in [-0.05, 0) is 56.7 Å². The molecular weight excluding hydrogens is 302 g/mol. The van der Waals surface area contributed by atoms with Crippen LogP contribution < -0.4 is 5.32 Å². The molecule has 0 bridgehead atoms. The molecule has 5 heteroatoms. The lowest BCUT2D eigenvalue weighted by atomic mass is 10.1. The molecule has 0 atom stereocenters. The van der Waals surface area contributed by atoms with E-state index in [-0.39, 0.29) is 11.7 Å². The van der Waals surface area contributed by atoms with Crippen LogP contribution in [0.15, 0.2) is 42.6 Å². The smallest absolute Gasteiger partial charge is 0.257 e. The number of nitrogens with zero attached hydrogens (tertiary/aromatic N) is 2. The summed E-state index contributed by atoms with van der Waals surface area (Å²) >= 11 is 0. The number of aryl methyl sites for hydroxylation is 2. The number of fused-ring (bicyclic) bond motifs is 1. The number of amides is 1. The first-order valence-electron chi connectivity index (χ1n) is 7.89. The number of Topliss-reactive ketones (excluding diaryl/α,β-unsaturated/α-hetero) is 1. The molecule has 3 rings (SSSR count). The predicted molar refractivity (Wildman–Crippen MR) is 93.7 cm³/mol. The predicted octanol–water partition coefficient (Wildman–Crippen LogP) is 3.66. The molecule has 24 heavy (non-hydrogen) atoms. The van der Waals surface area contributed by atoms with Gasteiger partial charge in [0, 0.05) is 23.1 Å². The molecule has 1 N–H and O–H groups in total. The van der Waals surface area contributed by atoms with Crippen molar-refractivity contribution < 1.29 is 9.59 Å². The van der Waals surface area contributed by atoms with Crippen molar-refractivity contribution in [1.82, 2.24) is 9.38 Å². The van der Waals surface area contributed by atoms with Gasteiger partial charge in [0.25, 0.3) is 5.91 Å². The minimum Gasteiger partial charge on any atom is -0.322 e. The number of pyridine rings is 1. The third kappa shape index (κ3) is 2.93. The van der Waals surface area contributed by atoms with Gasteiger partial charge < -0.3 is 9.72 Å². The molecule has 0 aliphatic carbocycles. The van der Waals surface area contributed by atoms with Gasteiger partial charge in [0.15, 0.2) is 5.78 Å². The normalized spacial score (nSPS) is 10.8. The van der Waals surface area contributed by atoms with Crippen LogP contribution in [0.25, 0.3) is 5.65 Å². The Labute approximate surface area is 140 Å². The summed E-state index contributed by atoms with van der Waals surface area (Å²) in [4.78, 5) is 28.3. The Bertz CT molecular complexity index is 924. The van der Waals surface area contributed by atoms with E-state index in [0.717, 1.165) is 23.5 Å². The van der Waals surface area contributed by atoms with E-state index in [9.17, 15) is 9.59 Å². The van der Waals surface area contributed by atoms with E-state index in [1.54, 1.807) is 36.5 Å². The number of anilines is 1. The number of imidazole rings is 1. The largest absolute Gasteiger partial charge is 0.322 e. The van der Waals surface area contributed by atoms with Crippen LogP contribution in [0.4, 0.5) is 5.69 Å². The Balaban J connectivity index is 1.85. The average Bonchev–Trinajstić information content (AvgIpc) is 2.91. The highest BCUT2D eigenvalue weighted by Crippen LogP contribution is 2.16. The van der Waals surface area contributed by atoms with Crippen molar-refractivity contribution in [2.24, 2.45) is 0 Å². The maximum atomic E-state index is 12.5. The first-order valence-corrected chi connectivity index (χ1v) is 7.89. The second kappa shape index (κ2) is 6.28. The van der Waals surface area contributed by atoms with E-state index in [1.165, 1.54) is 6.92 Å². The first kappa shape index (κ1) is 15.9. The van der Waals surface area contributed by atoms with Crippen LogP contribution in [-0.4, -0.2) is 21.1 Å². The number of carbonyl (C=O) groups is 2. The average molecular weight is 321 g/mol. The van der Waals surface area contributed by atoms with Crippen LogP contribution >= 0.6 is 0 Å². The third-order valence-electron chi connectivity index (χ3n) is 4.10. The van der Waals surface area contributed by atoms with Gasteiger partial charge in [0.1, 0.15) is 5.65 Å². The Morgan fingerprint density at radius 3 is 2.38 bits per heavy atom. The van der Waals surface area contributed by atoms with Crippen molar-refractivity contribution in [3.8, 4) is 0 Å². The fourth-order valence-electron chi connectivity index (χ4n) is 2.67. The monoisotopic (exact) mass is 321 g/mol. The van der Waals surface area contributed by atoms with Crippen LogP contribution in [0.5, 0.6) is 0 Å². The highest BCUT2D eigenvalue weighted by molar-refractivity contribution is 6.04. The molecular formula is C19H19N3O2. The van der Waals surface area contributed by atoms with Crippen LogP contribution in [0, 0.1) is 6.92 Å². The SMILES string of the molecule is CCc1nc2ccc(C(=O)Nc3ccc(C(C)=O)cc3)cn2c1C. The zero-order valence-corrected chi connectivity index (χ0v) is 14.0. The molecule has 2 aromatic heterocycles. The molecule has 5 nitrogen and oxygen atoms in total. The maximum absolute atomic E-state index is 12.5. The molecule has 1 aromatic carbocycles. The highest BCUT2D eigenvalue weighted by atomic mass is 16.1. The van der Waals surface area contributed by atoms with Crippen molar-refractivity contribution in [3.63, 3.8) is 0 Å². The fourth-order valence-corrected chi connectivity index (χ4v) is 2.67. The van der Waals surface area contributed by atoms with Crippen molar-refractivity contribution >= 4 is 23.0 Å². The van der Waals surface area contributed by atoms with Crippen molar-refractivity contribution in [2.45, 2.75) is 27.2 Å². The Hall–Kier alpha value is -2.95. The molecule has 0 spiro atoms. The van der Waals surface area contributed by atoms with Crippen LogP contribution in [-0.2, 0) is 6.42 Å². The van der Waals surface area contributed by atoms with Gasteiger partial charge in [0.05, 0.1) is 11.3 Å². The molecule has 122 valence electrons. The standard InChI is InChI=1S/C19H19N3O2/c1-4-17-12(2)22-11-15(7-10-18(22)21-17)19(24)20-16-8-5-14(6-9-16)13(3)23/h5-11H,4H2,1-3H3,(H,20,24). The van der Waals surface area contributed by atoms with E-state index in [0.29, 0.717) is 16.8 Å². The van der Waals surface area contributed by atoms with Crippen LogP contribution in [0.3, 0.4) is 0 Å². The van der Waals surface area contributed by atoms with E-state index in [4.69, 9.17) is 0 Å². The molecule has 3 aromatic rings. The Kier molecular flexibility index (Phi) is 4.16. The van der Waals surface area contributed by atoms with Gasteiger partial charge in [-0.1, -0.05) is 6.92 Å². The highest BCUT2D eigenvalue weighted by Gasteiger charge is 2.11. The number of hydrogen-bond acceptors (Lipinski definition) is 3. The zero-order chi connectivity index (χ0) is 17.3. The first-order chi connectivity index (χ1) is 11.5. The number of rotatable bonds is 4. The second-order valence-electron chi connectivity index (χ2n) is 5.73. The maximum Gasteiger partial charge on any atom is 0.257 e. The molecule has 2 heterocycles. The fraction of sp³-hybridized carbons (Fsp3) is 0.211. The van der Waals surface area contributed by atoms with E-state index >= 15 is 0 Å². The van der Waals surface area contributed by atoms with E-state index < -0.39 is 0 Å². The lowest BCUT2D eigenvalue weighted by molar-refractivity contribution is 0.101. The topological polar surface area (TPSA) is 63.5 Å². The summed E-state index contributed by atoms with van der Waals surface area (Å²) in [5.41, 5.74) is 4.76. The van der Waals surface area contributed by atoms with Gasteiger partial charge in [-0.2, -0.15) is 0 Å². The minimum atomic E-state index is -0.196. The summed E-state index contributed by atoms with van der Waals surface area (Å²) in [5, 5.41) is 2.85. The van der Waals surface area contributed by atoms with Crippen molar-refractivity contribution in [1.29, 1.82) is 0 Å². The molecule has 0 fully saturated rings. The number of nitrogens with one attached hydrogen (secondary N) is 1. The Morgan fingerprint density at radius 1 is 1.08 bits per heavy atom. The number of benzene rings is 1. The van der Waals surface area contributed by atoms with Gasteiger partial charge in [-0.3, -0.25) is 9.59 Å². The molecule has 0 saturated heterocycles. The summed E-state index contributed by atoms with van der Waals surface area (Å²) in [6, 6.07) is 10.5. The van der Waals surface area contributed by atoms with Crippen LogP contribution in [0.1, 0.15) is 46.0 Å². The van der Waals surface area contributed by atoms with E-state index in [1.807, 2.05) is 17.4 Å². The molecule has 0 radical (unpaired) electrons. The molecule has 0 saturated carbocycles. The van der Waals surface area contributed by atoms with Gasteiger partial charge >= 0.3 is 0 Å². The molecule has 0 aliphatic rings. The van der Waals surface area contributed by atoms with Gasteiger partial charge in [0.2, 0.25) is 0 Å². The van der Waals surface area contributed by atoms with Crippen LogP contribution in [0.2, 0.25) is 0 Å². The molecule has 0 aliphatic heterocycles. The number of ketones is 1. The second-order valence-corrected chi connectivity index (χ2v) is 5.73. The lowest BCUT2D eigenvalue weighted by Gasteiger charge is -2.07. The minimum absolute atomic E-state index is 0.000592. The number of hydrogen-bond donors (Lipinski definition) is 1. The summed E-state index contributed by atoms with van der Waals surface area (Å²) < 4.78 is 1.94. The third-order valence-corrected chi connectivity index (χ3v) is 4.10. The number of carbonyl (C=O) groups excluding carboxylic acids is 2. The lowest BCUT2D eigenvalue weighted by Crippen LogP contribution is -2.12.